The molecule has 0 aliphatic rings. The molecule has 2 heterocycles. The third-order valence-electron chi connectivity index (χ3n) is 3.44. The highest BCUT2D eigenvalue weighted by molar-refractivity contribution is 6.35. The Morgan fingerprint density at radius 2 is 1.71 bits per heavy atom. The van der Waals surface area contributed by atoms with Gasteiger partial charge in [0.15, 0.2) is 0 Å². The van der Waals surface area contributed by atoms with E-state index in [0.717, 1.165) is 0 Å². The Kier molecular flexibility index (Phi) is 4.26. The number of carboxylic acids is 1. The zero-order chi connectivity index (χ0) is 17.4. The Balaban J connectivity index is 2.36. The number of aromatic nitrogens is 3. The average molecular weight is 363 g/mol. The van der Waals surface area contributed by atoms with E-state index in [4.69, 9.17) is 23.2 Å². The lowest BCUT2D eigenvalue weighted by Gasteiger charge is -2.17. The van der Waals surface area contributed by atoms with Crippen LogP contribution in [0.3, 0.4) is 0 Å². The molecule has 0 fully saturated rings. The molecule has 0 atom stereocenters. The standard InChI is InChI=1S/C16H12Cl2N4O2/c1-22(2)15-11(16(23)24)6-19-13-12(20-7-21-14(13)15)8-3-9(17)5-10(18)4-8/h3-7H,1-2H3,(H,23,24). The highest BCUT2D eigenvalue weighted by Crippen LogP contribution is 2.33. The summed E-state index contributed by atoms with van der Waals surface area (Å²) < 4.78 is 0. The van der Waals surface area contributed by atoms with Crippen LogP contribution in [0.1, 0.15) is 10.4 Å². The highest BCUT2D eigenvalue weighted by Gasteiger charge is 2.20. The lowest BCUT2D eigenvalue weighted by Crippen LogP contribution is -2.15. The van der Waals surface area contributed by atoms with Crippen molar-refractivity contribution in [1.82, 2.24) is 15.0 Å². The molecule has 1 aromatic carbocycles. The summed E-state index contributed by atoms with van der Waals surface area (Å²) in [6.07, 6.45) is 2.67. The second-order valence-corrected chi connectivity index (χ2v) is 6.17. The van der Waals surface area contributed by atoms with Gasteiger partial charge in [0.1, 0.15) is 28.6 Å². The number of rotatable bonds is 3. The molecule has 0 spiro atoms. The molecule has 6 nitrogen and oxygen atoms in total. The fourth-order valence-corrected chi connectivity index (χ4v) is 3.03. The van der Waals surface area contributed by atoms with Crippen LogP contribution in [0.5, 0.6) is 0 Å². The van der Waals surface area contributed by atoms with Crippen molar-refractivity contribution in [3.63, 3.8) is 0 Å². The number of hydrogen-bond acceptors (Lipinski definition) is 5. The number of benzene rings is 1. The maximum absolute atomic E-state index is 11.5. The van der Waals surface area contributed by atoms with Crippen molar-refractivity contribution < 1.29 is 9.90 Å². The molecular weight excluding hydrogens is 351 g/mol. The van der Waals surface area contributed by atoms with Gasteiger partial charge in [-0.3, -0.25) is 4.98 Å². The van der Waals surface area contributed by atoms with Gasteiger partial charge in [-0.25, -0.2) is 14.8 Å². The summed E-state index contributed by atoms with van der Waals surface area (Å²) in [7, 11) is 3.50. The molecule has 3 aromatic rings. The fraction of sp³-hybridized carbons (Fsp3) is 0.125. The van der Waals surface area contributed by atoms with Crippen molar-refractivity contribution in [2.24, 2.45) is 0 Å². The van der Waals surface area contributed by atoms with E-state index < -0.39 is 5.97 Å². The number of halogens is 2. The number of hydrogen-bond donors (Lipinski definition) is 1. The topological polar surface area (TPSA) is 79.2 Å². The van der Waals surface area contributed by atoms with E-state index in [1.54, 1.807) is 37.2 Å². The van der Waals surface area contributed by atoms with Gasteiger partial charge in [0.2, 0.25) is 0 Å². The molecule has 1 N–H and O–H groups in total. The number of anilines is 1. The van der Waals surface area contributed by atoms with E-state index >= 15 is 0 Å². The van der Waals surface area contributed by atoms with Gasteiger partial charge < -0.3 is 10.0 Å². The van der Waals surface area contributed by atoms with Crippen molar-refractivity contribution in [1.29, 1.82) is 0 Å². The van der Waals surface area contributed by atoms with Gasteiger partial charge in [0.25, 0.3) is 0 Å². The van der Waals surface area contributed by atoms with Gasteiger partial charge >= 0.3 is 5.97 Å². The van der Waals surface area contributed by atoms with Crippen LogP contribution in [0.4, 0.5) is 5.69 Å². The van der Waals surface area contributed by atoms with E-state index in [-0.39, 0.29) is 5.56 Å². The summed E-state index contributed by atoms with van der Waals surface area (Å²) in [5.41, 5.74) is 2.67. The molecule has 0 saturated heterocycles. The Labute approximate surface area is 147 Å². The van der Waals surface area contributed by atoms with Crippen LogP contribution >= 0.6 is 23.2 Å². The second kappa shape index (κ2) is 6.22. The normalized spacial score (nSPS) is 10.8. The molecule has 3 rings (SSSR count). The second-order valence-electron chi connectivity index (χ2n) is 5.30. The quantitative estimate of drug-likeness (QED) is 0.763. The number of carboxylic acid groups (broad SMARTS) is 1. The van der Waals surface area contributed by atoms with Crippen molar-refractivity contribution in [3.8, 4) is 11.3 Å². The average Bonchev–Trinajstić information content (AvgIpc) is 2.51. The van der Waals surface area contributed by atoms with Crippen molar-refractivity contribution in [3.05, 3.63) is 46.3 Å². The molecule has 122 valence electrons. The van der Waals surface area contributed by atoms with Gasteiger partial charge in [-0.15, -0.1) is 0 Å². The van der Waals surface area contributed by atoms with Gasteiger partial charge in [-0.05, 0) is 18.2 Å². The highest BCUT2D eigenvalue weighted by atomic mass is 35.5. The lowest BCUT2D eigenvalue weighted by atomic mass is 10.1. The first-order valence-corrected chi connectivity index (χ1v) is 7.65. The minimum Gasteiger partial charge on any atom is -0.478 e. The zero-order valence-corrected chi connectivity index (χ0v) is 14.3. The summed E-state index contributed by atoms with van der Waals surface area (Å²) >= 11 is 12.1. The largest absolute Gasteiger partial charge is 0.478 e. The fourth-order valence-electron chi connectivity index (χ4n) is 2.50. The number of fused-ring (bicyclic) bond motifs is 1. The van der Waals surface area contributed by atoms with Crippen LogP contribution in [-0.4, -0.2) is 40.1 Å². The van der Waals surface area contributed by atoms with Crippen molar-refractivity contribution in [2.75, 3.05) is 19.0 Å². The number of carbonyl (C=O) groups is 1. The smallest absolute Gasteiger partial charge is 0.339 e. The first kappa shape index (κ1) is 16.4. The minimum absolute atomic E-state index is 0.0706. The van der Waals surface area contributed by atoms with Crippen LogP contribution in [0.15, 0.2) is 30.7 Å². The lowest BCUT2D eigenvalue weighted by molar-refractivity contribution is 0.0697. The van der Waals surface area contributed by atoms with Crippen LogP contribution in [-0.2, 0) is 0 Å². The minimum atomic E-state index is -1.07. The summed E-state index contributed by atoms with van der Waals surface area (Å²) in [5, 5.41) is 10.3. The Morgan fingerprint density at radius 1 is 1.04 bits per heavy atom. The van der Waals surface area contributed by atoms with Gasteiger partial charge in [-0.2, -0.15) is 0 Å². The molecule has 0 aliphatic carbocycles. The monoisotopic (exact) mass is 362 g/mol. The molecule has 0 bridgehead atoms. The van der Waals surface area contributed by atoms with Crippen LogP contribution in [0, 0.1) is 0 Å². The maximum Gasteiger partial charge on any atom is 0.339 e. The van der Waals surface area contributed by atoms with Crippen molar-refractivity contribution in [2.45, 2.75) is 0 Å². The summed E-state index contributed by atoms with van der Waals surface area (Å²) in [6.45, 7) is 0. The summed E-state index contributed by atoms with van der Waals surface area (Å²) in [4.78, 5) is 25.9. The van der Waals surface area contributed by atoms with Crippen LogP contribution in [0.25, 0.3) is 22.3 Å². The van der Waals surface area contributed by atoms with E-state index in [0.29, 0.717) is 38.0 Å². The van der Waals surface area contributed by atoms with E-state index in [1.165, 1.54) is 12.5 Å². The molecular formula is C16H12Cl2N4O2. The third-order valence-corrected chi connectivity index (χ3v) is 3.87. The maximum atomic E-state index is 11.5. The Hall–Kier alpha value is -2.44. The Bertz CT molecular complexity index is 940. The predicted octanol–water partition coefficient (Wildman–Crippen LogP) is 3.76. The molecule has 0 unspecified atom stereocenters. The number of nitrogens with zero attached hydrogens (tertiary/aromatic N) is 4. The van der Waals surface area contributed by atoms with Gasteiger partial charge in [0.05, 0.1) is 5.69 Å². The van der Waals surface area contributed by atoms with Crippen molar-refractivity contribution >= 4 is 45.9 Å². The van der Waals surface area contributed by atoms with Crippen LogP contribution < -0.4 is 4.90 Å². The molecule has 2 aromatic heterocycles. The number of pyridine rings is 1. The van der Waals surface area contributed by atoms with Crippen LogP contribution in [0.2, 0.25) is 10.0 Å². The third kappa shape index (κ3) is 2.86. The zero-order valence-electron chi connectivity index (χ0n) is 12.8. The molecule has 0 amide bonds. The molecule has 0 radical (unpaired) electrons. The van der Waals surface area contributed by atoms with E-state index in [9.17, 15) is 9.90 Å². The van der Waals surface area contributed by atoms with Gasteiger partial charge in [-0.1, -0.05) is 23.2 Å². The molecule has 24 heavy (non-hydrogen) atoms. The molecule has 0 saturated carbocycles. The predicted molar refractivity (Wildman–Crippen MR) is 94.1 cm³/mol. The summed E-state index contributed by atoms with van der Waals surface area (Å²) in [5.74, 6) is -1.07. The SMILES string of the molecule is CN(C)c1c(C(=O)O)cnc2c(-c3cc(Cl)cc(Cl)c3)ncnc12. The van der Waals surface area contributed by atoms with Gasteiger partial charge in [0, 0.05) is 35.9 Å². The van der Waals surface area contributed by atoms with E-state index in [1.807, 2.05) is 0 Å². The molecule has 0 aliphatic heterocycles. The summed E-state index contributed by atoms with van der Waals surface area (Å²) in [6, 6.07) is 5.06. The first-order chi connectivity index (χ1) is 11.4. The van der Waals surface area contributed by atoms with E-state index in [2.05, 4.69) is 15.0 Å². The number of aromatic carboxylic acids is 1. The molecule has 8 heteroatoms. The Morgan fingerprint density at radius 3 is 2.29 bits per heavy atom. The first-order valence-electron chi connectivity index (χ1n) is 6.89.